The van der Waals surface area contributed by atoms with Crippen molar-refractivity contribution in [2.75, 3.05) is 0 Å². The van der Waals surface area contributed by atoms with Gasteiger partial charge in [0.25, 0.3) is 0 Å². The van der Waals surface area contributed by atoms with Gasteiger partial charge in [-0.15, -0.1) is 0 Å². The first kappa shape index (κ1) is 22.6. The Hall–Kier alpha value is -4.18. The maximum absolute atomic E-state index is 13.6. The van der Waals surface area contributed by atoms with Crippen LogP contribution in [0.1, 0.15) is 28.5 Å². The van der Waals surface area contributed by atoms with E-state index in [1.165, 1.54) is 5.56 Å². The number of ether oxygens (including phenoxy) is 1. The van der Waals surface area contributed by atoms with E-state index in [9.17, 15) is 14.7 Å². The number of esters is 1. The van der Waals surface area contributed by atoms with E-state index in [4.69, 9.17) is 4.74 Å². The molecule has 1 saturated carbocycles. The SMILES string of the molecule is Cc1ccc(-c2cccc(OC(=O)C3[C@H](c4ccccc4)C(C(=O)O)[C@@H]3c3ccccc3)c2)cc1. The summed E-state index contributed by atoms with van der Waals surface area (Å²) in [4.78, 5) is 26.0. The van der Waals surface area contributed by atoms with Crippen molar-refractivity contribution >= 4 is 11.9 Å². The quantitative estimate of drug-likeness (QED) is 0.264. The number of hydrogen-bond donors (Lipinski definition) is 1. The van der Waals surface area contributed by atoms with Crippen molar-refractivity contribution in [3.8, 4) is 16.9 Å². The molecule has 0 amide bonds. The Labute approximate surface area is 204 Å². The van der Waals surface area contributed by atoms with E-state index >= 15 is 0 Å². The molecule has 35 heavy (non-hydrogen) atoms. The summed E-state index contributed by atoms with van der Waals surface area (Å²) in [6.07, 6.45) is 0. The Morgan fingerprint density at radius 3 is 1.77 bits per heavy atom. The Morgan fingerprint density at radius 2 is 1.23 bits per heavy atom. The molecular weight excluding hydrogens is 436 g/mol. The summed E-state index contributed by atoms with van der Waals surface area (Å²) >= 11 is 0. The fourth-order valence-electron chi connectivity index (χ4n) is 5.20. The van der Waals surface area contributed by atoms with Crippen LogP contribution in [0.2, 0.25) is 0 Å². The van der Waals surface area contributed by atoms with Gasteiger partial charge < -0.3 is 9.84 Å². The summed E-state index contributed by atoms with van der Waals surface area (Å²) in [5, 5.41) is 10.1. The lowest BCUT2D eigenvalue weighted by molar-refractivity contribution is -0.158. The van der Waals surface area contributed by atoms with Crippen LogP contribution in [0.3, 0.4) is 0 Å². The fourth-order valence-corrected chi connectivity index (χ4v) is 5.20. The number of carbonyl (C=O) groups excluding carboxylic acids is 1. The van der Waals surface area contributed by atoms with Gasteiger partial charge in [0.15, 0.2) is 0 Å². The number of aliphatic carboxylic acids is 1. The van der Waals surface area contributed by atoms with Crippen LogP contribution >= 0.6 is 0 Å². The van der Waals surface area contributed by atoms with Gasteiger partial charge in [0.2, 0.25) is 0 Å². The smallest absolute Gasteiger partial charge is 0.315 e. The minimum absolute atomic E-state index is 0.411. The molecule has 1 fully saturated rings. The second-order valence-electron chi connectivity index (χ2n) is 9.08. The number of rotatable bonds is 6. The first-order valence-corrected chi connectivity index (χ1v) is 11.7. The summed E-state index contributed by atoms with van der Waals surface area (Å²) in [6.45, 7) is 2.04. The molecule has 5 rings (SSSR count). The Bertz CT molecular complexity index is 1280. The Morgan fingerprint density at radius 1 is 0.657 bits per heavy atom. The molecule has 0 radical (unpaired) electrons. The first-order chi connectivity index (χ1) is 17.0. The predicted octanol–water partition coefficient (Wildman–Crippen LogP) is 6.47. The van der Waals surface area contributed by atoms with Crippen LogP contribution < -0.4 is 4.74 Å². The molecule has 0 spiro atoms. The Balaban J connectivity index is 1.48. The number of aryl methyl sites for hydroxylation is 1. The third-order valence-corrected chi connectivity index (χ3v) is 6.91. The molecule has 0 bridgehead atoms. The second kappa shape index (κ2) is 9.59. The highest BCUT2D eigenvalue weighted by Gasteiger charge is 2.59. The largest absolute Gasteiger partial charge is 0.481 e. The topological polar surface area (TPSA) is 63.6 Å². The lowest BCUT2D eigenvalue weighted by Gasteiger charge is -2.48. The number of hydrogen-bond acceptors (Lipinski definition) is 3. The van der Waals surface area contributed by atoms with Crippen LogP contribution in [-0.2, 0) is 9.59 Å². The van der Waals surface area contributed by atoms with Crippen LogP contribution in [0.4, 0.5) is 0 Å². The first-order valence-electron chi connectivity index (χ1n) is 11.7. The lowest BCUT2D eigenvalue weighted by Crippen LogP contribution is -2.52. The number of benzene rings is 4. The summed E-state index contributed by atoms with van der Waals surface area (Å²) in [6, 6.07) is 34.4. The van der Waals surface area contributed by atoms with Gasteiger partial charge in [0.05, 0.1) is 11.8 Å². The highest BCUT2D eigenvalue weighted by molar-refractivity contribution is 5.86. The van der Waals surface area contributed by atoms with E-state index in [1.807, 2.05) is 110 Å². The number of carbonyl (C=O) groups is 2. The highest BCUT2D eigenvalue weighted by atomic mass is 16.5. The molecule has 4 atom stereocenters. The van der Waals surface area contributed by atoms with Gasteiger partial charge in [0.1, 0.15) is 5.75 Å². The molecule has 1 aliphatic carbocycles. The molecule has 174 valence electrons. The van der Waals surface area contributed by atoms with Crippen molar-refractivity contribution in [1.82, 2.24) is 0 Å². The summed E-state index contributed by atoms with van der Waals surface area (Å²) < 4.78 is 5.90. The summed E-state index contributed by atoms with van der Waals surface area (Å²) in [5.74, 6) is -3.12. The third-order valence-electron chi connectivity index (χ3n) is 6.91. The molecule has 1 aliphatic rings. The Kier molecular flexibility index (Phi) is 6.19. The molecule has 4 heteroatoms. The molecule has 1 N–H and O–H groups in total. The molecule has 4 aromatic rings. The van der Waals surface area contributed by atoms with Gasteiger partial charge in [-0.3, -0.25) is 9.59 Å². The molecule has 0 aromatic heterocycles. The van der Waals surface area contributed by atoms with E-state index in [0.717, 1.165) is 22.3 Å². The number of carboxylic acid groups (broad SMARTS) is 1. The van der Waals surface area contributed by atoms with E-state index in [2.05, 4.69) is 0 Å². The minimum atomic E-state index is -0.905. The van der Waals surface area contributed by atoms with Crippen LogP contribution in [0.15, 0.2) is 109 Å². The van der Waals surface area contributed by atoms with E-state index in [0.29, 0.717) is 5.75 Å². The maximum Gasteiger partial charge on any atom is 0.315 e. The van der Waals surface area contributed by atoms with Gasteiger partial charge in [-0.25, -0.2) is 0 Å². The van der Waals surface area contributed by atoms with Crippen molar-refractivity contribution in [1.29, 1.82) is 0 Å². The third kappa shape index (κ3) is 4.47. The molecule has 4 aromatic carbocycles. The zero-order valence-electron chi connectivity index (χ0n) is 19.4. The standard InChI is InChI=1S/C31H26O4/c1-20-15-17-21(18-16-20)24-13-8-14-25(19-24)35-31(34)29-26(22-9-4-2-5-10-22)28(30(32)33)27(29)23-11-6-3-7-12-23/h2-19,26-29H,1H3,(H,32,33)/t26-,27+,28?,29?. The predicted molar refractivity (Wildman–Crippen MR) is 135 cm³/mol. The molecule has 4 nitrogen and oxygen atoms in total. The second-order valence-corrected chi connectivity index (χ2v) is 9.08. The van der Waals surface area contributed by atoms with Crippen molar-refractivity contribution in [2.24, 2.45) is 11.8 Å². The highest BCUT2D eigenvalue weighted by Crippen LogP contribution is 2.58. The zero-order chi connectivity index (χ0) is 24.4. The van der Waals surface area contributed by atoms with Crippen LogP contribution in [0.5, 0.6) is 5.75 Å². The molecule has 0 saturated heterocycles. The van der Waals surface area contributed by atoms with Gasteiger partial charge in [-0.05, 0) is 41.3 Å². The number of carboxylic acids is 1. The van der Waals surface area contributed by atoms with Crippen LogP contribution in [0, 0.1) is 18.8 Å². The average molecular weight is 463 g/mol. The van der Waals surface area contributed by atoms with Gasteiger partial charge in [-0.2, -0.15) is 0 Å². The fraction of sp³-hybridized carbons (Fsp3) is 0.161. The van der Waals surface area contributed by atoms with E-state index < -0.39 is 35.6 Å². The lowest BCUT2D eigenvalue weighted by atomic mass is 9.52. The van der Waals surface area contributed by atoms with Crippen molar-refractivity contribution in [3.05, 3.63) is 126 Å². The van der Waals surface area contributed by atoms with Crippen molar-refractivity contribution in [3.63, 3.8) is 0 Å². The minimum Gasteiger partial charge on any atom is -0.481 e. The maximum atomic E-state index is 13.6. The molecule has 2 unspecified atom stereocenters. The summed E-state index contributed by atoms with van der Waals surface area (Å²) in [7, 11) is 0. The van der Waals surface area contributed by atoms with Crippen LogP contribution in [-0.4, -0.2) is 17.0 Å². The molecule has 0 aliphatic heterocycles. The van der Waals surface area contributed by atoms with Gasteiger partial charge in [0, 0.05) is 11.8 Å². The summed E-state index contributed by atoms with van der Waals surface area (Å²) in [5.41, 5.74) is 4.83. The van der Waals surface area contributed by atoms with Gasteiger partial charge in [-0.1, -0.05) is 103 Å². The van der Waals surface area contributed by atoms with Crippen LogP contribution in [0.25, 0.3) is 11.1 Å². The monoisotopic (exact) mass is 462 g/mol. The van der Waals surface area contributed by atoms with E-state index in [1.54, 1.807) is 6.07 Å². The normalized spacial score (nSPS) is 21.1. The molecule has 0 heterocycles. The average Bonchev–Trinajstić information content (AvgIpc) is 2.85. The van der Waals surface area contributed by atoms with Crippen molar-refractivity contribution < 1.29 is 19.4 Å². The zero-order valence-corrected chi connectivity index (χ0v) is 19.4. The van der Waals surface area contributed by atoms with Gasteiger partial charge >= 0.3 is 11.9 Å². The molecular formula is C31H26O4. The van der Waals surface area contributed by atoms with E-state index in [-0.39, 0.29) is 0 Å². The van der Waals surface area contributed by atoms with Crippen molar-refractivity contribution in [2.45, 2.75) is 18.8 Å².